The summed E-state index contributed by atoms with van der Waals surface area (Å²) in [6.07, 6.45) is -5.81. The van der Waals surface area contributed by atoms with Crippen LogP contribution in [0.5, 0.6) is 11.5 Å². The third kappa shape index (κ3) is 5.21. The molecule has 1 N–H and O–H groups in total. The predicted molar refractivity (Wildman–Crippen MR) is 133 cm³/mol. The van der Waals surface area contributed by atoms with Crippen molar-refractivity contribution in [1.82, 2.24) is 19.7 Å². The average Bonchev–Trinajstić information content (AvgIpc) is 3.54. The SMILES string of the molecule is COc1cccc([C@H]2O[C@H](Cc3ncc(CCC(=O)O)o3)c3nnc(C(F)(F)F)n3-c3ccc(Cl)cc32)c1OC. The molecule has 0 amide bonds. The lowest BCUT2D eigenvalue weighted by Gasteiger charge is -2.24. The van der Waals surface area contributed by atoms with E-state index in [1.54, 1.807) is 18.2 Å². The number of oxazole rings is 1. The van der Waals surface area contributed by atoms with Gasteiger partial charge in [-0.2, -0.15) is 13.2 Å². The molecule has 40 heavy (non-hydrogen) atoms. The fourth-order valence-electron chi connectivity index (χ4n) is 4.61. The van der Waals surface area contributed by atoms with Gasteiger partial charge in [0.2, 0.25) is 5.82 Å². The second-order valence-electron chi connectivity index (χ2n) is 8.82. The second-order valence-corrected chi connectivity index (χ2v) is 9.26. The highest BCUT2D eigenvalue weighted by atomic mass is 35.5. The summed E-state index contributed by atoms with van der Waals surface area (Å²) in [4.78, 5) is 15.1. The van der Waals surface area contributed by atoms with E-state index < -0.39 is 30.2 Å². The van der Waals surface area contributed by atoms with Gasteiger partial charge in [-0.15, -0.1) is 10.2 Å². The minimum atomic E-state index is -4.84. The zero-order valence-electron chi connectivity index (χ0n) is 21.1. The highest BCUT2D eigenvalue weighted by molar-refractivity contribution is 6.30. The Balaban J connectivity index is 1.68. The maximum atomic E-state index is 14.2. The quantitative estimate of drug-likeness (QED) is 0.294. The molecule has 14 heteroatoms. The lowest BCUT2D eigenvalue weighted by Crippen LogP contribution is -2.17. The largest absolute Gasteiger partial charge is 0.493 e. The number of benzene rings is 2. The maximum Gasteiger partial charge on any atom is 0.452 e. The van der Waals surface area contributed by atoms with Crippen molar-refractivity contribution < 1.29 is 41.7 Å². The third-order valence-electron chi connectivity index (χ3n) is 6.31. The van der Waals surface area contributed by atoms with Crippen molar-refractivity contribution in [3.8, 4) is 17.2 Å². The predicted octanol–water partition coefficient (Wildman–Crippen LogP) is 5.37. The summed E-state index contributed by atoms with van der Waals surface area (Å²) < 4.78 is 66.6. The van der Waals surface area contributed by atoms with E-state index in [1.807, 2.05) is 0 Å². The van der Waals surface area contributed by atoms with Gasteiger partial charge in [0.25, 0.3) is 0 Å². The highest BCUT2D eigenvalue weighted by Crippen LogP contribution is 2.47. The molecule has 4 aromatic rings. The summed E-state index contributed by atoms with van der Waals surface area (Å²) in [5.41, 5.74) is 0.892. The molecule has 5 rings (SSSR count). The fraction of sp³-hybridized carbons (Fsp3) is 0.308. The van der Waals surface area contributed by atoms with Crippen LogP contribution in [0.2, 0.25) is 5.02 Å². The minimum Gasteiger partial charge on any atom is -0.493 e. The third-order valence-corrected chi connectivity index (χ3v) is 6.54. The fourth-order valence-corrected chi connectivity index (χ4v) is 4.79. The summed E-state index contributed by atoms with van der Waals surface area (Å²) >= 11 is 6.33. The molecular weight excluding hydrogens is 557 g/mol. The molecule has 210 valence electrons. The number of hydrogen-bond donors (Lipinski definition) is 1. The Morgan fingerprint density at radius 2 is 1.95 bits per heavy atom. The summed E-state index contributed by atoms with van der Waals surface area (Å²) in [5.74, 6) is -1.25. The van der Waals surface area contributed by atoms with Crippen molar-refractivity contribution in [2.24, 2.45) is 0 Å². The number of para-hydroxylation sites is 1. The molecule has 0 aliphatic carbocycles. The van der Waals surface area contributed by atoms with E-state index in [4.69, 9.17) is 35.3 Å². The van der Waals surface area contributed by atoms with Crippen LogP contribution in [0.4, 0.5) is 13.2 Å². The summed E-state index contributed by atoms with van der Waals surface area (Å²) in [6, 6.07) is 9.52. The Bertz CT molecular complexity index is 1550. The summed E-state index contributed by atoms with van der Waals surface area (Å²) in [6.45, 7) is 0. The molecule has 0 radical (unpaired) electrons. The first kappa shape index (κ1) is 27.5. The Morgan fingerprint density at radius 3 is 2.65 bits per heavy atom. The van der Waals surface area contributed by atoms with E-state index >= 15 is 0 Å². The second kappa shape index (κ2) is 10.8. The molecule has 3 heterocycles. The Hall–Kier alpha value is -4.10. The smallest absolute Gasteiger partial charge is 0.452 e. The van der Waals surface area contributed by atoms with Crippen molar-refractivity contribution in [2.75, 3.05) is 14.2 Å². The molecule has 2 aromatic carbocycles. The molecule has 0 spiro atoms. The van der Waals surface area contributed by atoms with Crippen molar-refractivity contribution in [3.63, 3.8) is 0 Å². The van der Waals surface area contributed by atoms with Crippen LogP contribution in [0.1, 0.15) is 53.1 Å². The number of halogens is 4. The zero-order valence-corrected chi connectivity index (χ0v) is 21.9. The van der Waals surface area contributed by atoms with E-state index in [2.05, 4.69) is 15.2 Å². The molecule has 1 aliphatic rings. The summed E-state index contributed by atoms with van der Waals surface area (Å²) in [7, 11) is 2.90. The number of aromatic nitrogens is 4. The molecule has 10 nitrogen and oxygen atoms in total. The average molecular weight is 579 g/mol. The molecule has 0 saturated carbocycles. The van der Waals surface area contributed by atoms with Crippen LogP contribution in [-0.2, 0) is 28.5 Å². The van der Waals surface area contributed by atoms with Gasteiger partial charge in [-0.25, -0.2) is 4.98 Å². The topological polar surface area (TPSA) is 122 Å². The lowest BCUT2D eigenvalue weighted by molar-refractivity contribution is -0.146. The Kier molecular flexibility index (Phi) is 7.43. The Morgan fingerprint density at radius 1 is 1.15 bits per heavy atom. The molecular formula is C26H22ClF3N4O6. The normalized spacial score (nSPS) is 16.6. The number of rotatable bonds is 8. The monoisotopic (exact) mass is 578 g/mol. The number of nitrogens with zero attached hydrogens (tertiary/aromatic N) is 4. The van der Waals surface area contributed by atoms with E-state index in [9.17, 15) is 18.0 Å². The van der Waals surface area contributed by atoms with Crippen molar-refractivity contribution >= 4 is 17.6 Å². The van der Waals surface area contributed by atoms with Gasteiger partial charge in [-0.3, -0.25) is 9.36 Å². The van der Waals surface area contributed by atoms with E-state index in [0.717, 1.165) is 4.57 Å². The van der Waals surface area contributed by atoms with Crippen LogP contribution >= 0.6 is 11.6 Å². The highest BCUT2D eigenvalue weighted by Gasteiger charge is 2.43. The van der Waals surface area contributed by atoms with Gasteiger partial charge in [0.05, 0.1) is 38.9 Å². The van der Waals surface area contributed by atoms with Gasteiger partial charge in [0.1, 0.15) is 18.0 Å². The van der Waals surface area contributed by atoms with E-state index in [-0.39, 0.29) is 41.7 Å². The molecule has 0 bridgehead atoms. The first-order valence-corrected chi connectivity index (χ1v) is 12.3. The number of ether oxygens (including phenoxy) is 3. The van der Waals surface area contributed by atoms with Crippen molar-refractivity contribution in [3.05, 3.63) is 82.0 Å². The van der Waals surface area contributed by atoms with Crippen LogP contribution in [0.3, 0.4) is 0 Å². The first-order chi connectivity index (χ1) is 19.1. The number of carboxylic acids is 1. The maximum absolute atomic E-state index is 14.2. The Labute approximate surface area is 230 Å². The van der Waals surface area contributed by atoms with Gasteiger partial charge in [0, 0.05) is 22.6 Å². The lowest BCUT2D eigenvalue weighted by atomic mass is 9.98. The standard InChI is InChI=1S/C26H22ClF3N4O6/c1-37-18-5-3-4-15(23(18)38-2)22-16-10-13(27)6-8-17(16)34-24(32-33-25(34)26(28,29)30)19(40-22)11-20-31-12-14(39-20)7-9-21(35)36/h3-6,8,10,12,19,22H,7,9,11H2,1-2H3,(H,35,36)/t19-,22-/m1/s1. The molecule has 2 atom stereocenters. The number of fused-ring (bicyclic) bond motifs is 3. The molecule has 0 saturated heterocycles. The van der Waals surface area contributed by atoms with Crippen LogP contribution < -0.4 is 9.47 Å². The van der Waals surface area contributed by atoms with Gasteiger partial charge < -0.3 is 23.7 Å². The van der Waals surface area contributed by atoms with Gasteiger partial charge in [-0.05, 0) is 24.3 Å². The van der Waals surface area contributed by atoms with Gasteiger partial charge in [0.15, 0.2) is 23.2 Å². The van der Waals surface area contributed by atoms with Crippen LogP contribution in [0.15, 0.2) is 47.0 Å². The minimum absolute atomic E-state index is 0.0931. The van der Waals surface area contributed by atoms with Gasteiger partial charge in [-0.1, -0.05) is 23.7 Å². The molecule has 1 aliphatic heterocycles. The number of methoxy groups -OCH3 is 2. The number of hydrogen-bond acceptors (Lipinski definition) is 8. The van der Waals surface area contributed by atoms with E-state index in [0.29, 0.717) is 28.4 Å². The number of aryl methyl sites for hydroxylation is 1. The number of carboxylic acid groups (broad SMARTS) is 1. The van der Waals surface area contributed by atoms with Crippen LogP contribution in [0.25, 0.3) is 5.69 Å². The van der Waals surface area contributed by atoms with Gasteiger partial charge >= 0.3 is 12.1 Å². The van der Waals surface area contributed by atoms with Crippen LogP contribution in [-0.4, -0.2) is 45.0 Å². The van der Waals surface area contributed by atoms with Crippen molar-refractivity contribution in [1.29, 1.82) is 0 Å². The molecule has 2 aromatic heterocycles. The summed E-state index contributed by atoms with van der Waals surface area (Å²) in [5, 5.41) is 16.6. The molecule has 0 fully saturated rings. The number of carbonyl (C=O) groups is 1. The number of alkyl halides is 3. The zero-order chi connectivity index (χ0) is 28.6. The first-order valence-electron chi connectivity index (χ1n) is 11.9. The number of aliphatic carboxylic acids is 1. The van der Waals surface area contributed by atoms with Crippen molar-refractivity contribution in [2.45, 2.75) is 37.6 Å². The van der Waals surface area contributed by atoms with E-state index in [1.165, 1.54) is 38.6 Å². The van der Waals surface area contributed by atoms with Crippen LogP contribution in [0, 0.1) is 0 Å². The molecule has 0 unspecified atom stereocenters.